The van der Waals surface area contributed by atoms with Gasteiger partial charge in [-0.3, -0.25) is 9.88 Å². The molecule has 0 aromatic carbocycles. The Kier molecular flexibility index (Phi) is 4.14. The van der Waals surface area contributed by atoms with Gasteiger partial charge in [0.1, 0.15) is 0 Å². The molecule has 0 spiro atoms. The van der Waals surface area contributed by atoms with Crippen LogP contribution in [0, 0.1) is 5.92 Å². The molecule has 2 aliphatic rings. The molecule has 2 fully saturated rings. The van der Waals surface area contributed by atoms with Crippen LogP contribution in [0.5, 0.6) is 0 Å². The predicted octanol–water partition coefficient (Wildman–Crippen LogP) is 2.61. The van der Waals surface area contributed by atoms with E-state index in [9.17, 15) is 0 Å². The van der Waals surface area contributed by atoms with E-state index in [2.05, 4.69) is 34.3 Å². The van der Waals surface area contributed by atoms with Crippen molar-refractivity contribution in [1.29, 1.82) is 0 Å². The topological polar surface area (TPSA) is 28.2 Å². The lowest BCUT2D eigenvalue weighted by molar-refractivity contribution is 0.152. The maximum atomic E-state index is 4.28. The van der Waals surface area contributed by atoms with Gasteiger partial charge in [0, 0.05) is 31.0 Å². The molecule has 3 nitrogen and oxygen atoms in total. The van der Waals surface area contributed by atoms with Crippen LogP contribution in [0.4, 0.5) is 0 Å². The Morgan fingerprint density at radius 2 is 2.11 bits per heavy atom. The van der Waals surface area contributed by atoms with Crippen LogP contribution in [0.2, 0.25) is 0 Å². The highest BCUT2D eigenvalue weighted by molar-refractivity contribution is 5.14. The minimum atomic E-state index is 0.510. The summed E-state index contributed by atoms with van der Waals surface area (Å²) < 4.78 is 0. The fourth-order valence-electron chi connectivity index (χ4n) is 3.21. The van der Waals surface area contributed by atoms with Crippen LogP contribution >= 0.6 is 0 Å². The van der Waals surface area contributed by atoms with Gasteiger partial charge in [0.15, 0.2) is 0 Å². The summed E-state index contributed by atoms with van der Waals surface area (Å²) in [6.07, 6.45) is 9.34. The summed E-state index contributed by atoms with van der Waals surface area (Å²) in [5.74, 6) is 0.876. The van der Waals surface area contributed by atoms with E-state index in [4.69, 9.17) is 0 Å². The third-order valence-corrected chi connectivity index (χ3v) is 4.61. The number of pyridine rings is 1. The monoisotopic (exact) mass is 259 g/mol. The van der Waals surface area contributed by atoms with E-state index in [1.54, 1.807) is 0 Å². The van der Waals surface area contributed by atoms with Crippen molar-refractivity contribution in [1.82, 2.24) is 15.2 Å². The maximum absolute atomic E-state index is 4.28. The lowest BCUT2D eigenvalue weighted by Crippen LogP contribution is -2.38. The number of aromatic nitrogens is 1. The number of rotatable bonds is 5. The summed E-state index contributed by atoms with van der Waals surface area (Å²) in [5, 5.41) is 3.47. The second-order valence-electron chi connectivity index (χ2n) is 6.08. The minimum Gasteiger partial charge on any atom is -0.317 e. The van der Waals surface area contributed by atoms with E-state index >= 15 is 0 Å². The van der Waals surface area contributed by atoms with E-state index in [0.717, 1.165) is 12.0 Å². The van der Waals surface area contributed by atoms with Crippen molar-refractivity contribution in [3.05, 3.63) is 30.1 Å². The molecule has 0 radical (unpaired) electrons. The highest BCUT2D eigenvalue weighted by Crippen LogP contribution is 2.35. The molecule has 0 amide bonds. The predicted molar refractivity (Wildman–Crippen MR) is 78.0 cm³/mol. The van der Waals surface area contributed by atoms with Gasteiger partial charge in [0.2, 0.25) is 0 Å². The Balaban J connectivity index is 1.66. The van der Waals surface area contributed by atoms with E-state index in [0.29, 0.717) is 6.04 Å². The van der Waals surface area contributed by atoms with Crippen molar-refractivity contribution in [2.24, 2.45) is 5.92 Å². The summed E-state index contributed by atoms with van der Waals surface area (Å²) in [5.41, 5.74) is 1.36. The second-order valence-corrected chi connectivity index (χ2v) is 6.08. The molecule has 1 saturated carbocycles. The smallest absolute Gasteiger partial charge is 0.0338 e. The highest BCUT2D eigenvalue weighted by Gasteiger charge is 2.34. The van der Waals surface area contributed by atoms with Crippen LogP contribution < -0.4 is 5.32 Å². The molecule has 104 valence electrons. The third kappa shape index (κ3) is 3.34. The van der Waals surface area contributed by atoms with Gasteiger partial charge in [-0.15, -0.1) is 0 Å². The summed E-state index contributed by atoms with van der Waals surface area (Å²) in [6, 6.07) is 5.61. The van der Waals surface area contributed by atoms with Crippen LogP contribution in [0.3, 0.4) is 0 Å². The minimum absolute atomic E-state index is 0.510. The molecule has 1 saturated heterocycles. The molecular weight excluding hydrogens is 234 g/mol. The van der Waals surface area contributed by atoms with Crippen molar-refractivity contribution in [2.45, 2.75) is 44.7 Å². The van der Waals surface area contributed by atoms with Gasteiger partial charge in [0.25, 0.3) is 0 Å². The molecule has 1 unspecified atom stereocenters. The third-order valence-electron chi connectivity index (χ3n) is 4.61. The first-order valence-electron chi connectivity index (χ1n) is 7.71. The maximum Gasteiger partial charge on any atom is 0.0338 e. The molecule has 0 bridgehead atoms. The number of hydrogen-bond acceptors (Lipinski definition) is 3. The molecule has 1 aliphatic heterocycles. The summed E-state index contributed by atoms with van der Waals surface area (Å²) in [6.45, 7) is 6.01. The Morgan fingerprint density at radius 3 is 2.74 bits per heavy atom. The number of nitrogens with zero attached hydrogens (tertiary/aromatic N) is 2. The van der Waals surface area contributed by atoms with Crippen molar-refractivity contribution in [2.75, 3.05) is 19.6 Å². The highest BCUT2D eigenvalue weighted by atomic mass is 15.2. The zero-order valence-corrected chi connectivity index (χ0v) is 11.9. The van der Waals surface area contributed by atoms with Crippen LogP contribution in [0.15, 0.2) is 24.5 Å². The normalized spacial score (nSPS) is 22.6. The summed E-state index contributed by atoms with van der Waals surface area (Å²) in [7, 11) is 0. The zero-order chi connectivity index (χ0) is 13.1. The van der Waals surface area contributed by atoms with Gasteiger partial charge in [0.05, 0.1) is 0 Å². The van der Waals surface area contributed by atoms with Gasteiger partial charge in [-0.2, -0.15) is 0 Å². The van der Waals surface area contributed by atoms with Gasteiger partial charge < -0.3 is 5.32 Å². The summed E-state index contributed by atoms with van der Waals surface area (Å²) >= 11 is 0. The Bertz CT molecular complexity index is 382. The molecule has 1 atom stereocenters. The molecule has 3 heteroatoms. The van der Waals surface area contributed by atoms with E-state index in [1.807, 2.05) is 12.4 Å². The molecule has 3 rings (SSSR count). The number of nitrogens with one attached hydrogen (secondary N) is 1. The molecule has 1 aliphatic carbocycles. The van der Waals surface area contributed by atoms with Crippen LogP contribution in [-0.4, -0.2) is 35.6 Å². The molecule has 1 aromatic rings. The van der Waals surface area contributed by atoms with Crippen molar-refractivity contribution in [3.63, 3.8) is 0 Å². The van der Waals surface area contributed by atoms with E-state index in [-0.39, 0.29) is 0 Å². The van der Waals surface area contributed by atoms with Crippen molar-refractivity contribution < 1.29 is 0 Å². The lowest BCUT2D eigenvalue weighted by atomic mass is 9.96. The first kappa shape index (κ1) is 13.1. The average molecular weight is 259 g/mol. The Morgan fingerprint density at radius 1 is 1.32 bits per heavy atom. The molecule has 2 heterocycles. The van der Waals surface area contributed by atoms with Crippen molar-refractivity contribution >= 4 is 0 Å². The summed E-state index contributed by atoms with van der Waals surface area (Å²) in [4.78, 5) is 7.01. The largest absolute Gasteiger partial charge is 0.317 e. The van der Waals surface area contributed by atoms with Crippen LogP contribution in [-0.2, 0) is 0 Å². The molecule has 1 aromatic heterocycles. The fraction of sp³-hybridized carbons (Fsp3) is 0.688. The molecular formula is C16H25N3. The quantitative estimate of drug-likeness (QED) is 0.881. The molecule has 1 N–H and O–H groups in total. The van der Waals surface area contributed by atoms with Gasteiger partial charge in [-0.1, -0.05) is 6.07 Å². The zero-order valence-electron chi connectivity index (χ0n) is 11.9. The SMILES string of the molecule is CC(c1cccnc1)N(CC1CCNCC1)C1CC1. The van der Waals surface area contributed by atoms with Crippen LogP contribution in [0.1, 0.15) is 44.2 Å². The number of piperidine rings is 1. The standard InChI is InChI=1S/C16H25N3/c1-13(15-3-2-8-18-11-15)19(16-4-5-16)12-14-6-9-17-10-7-14/h2-3,8,11,13-14,16-17H,4-7,9-10,12H2,1H3. The van der Waals surface area contributed by atoms with Gasteiger partial charge in [-0.05, 0) is 63.2 Å². The lowest BCUT2D eigenvalue weighted by Gasteiger charge is -2.34. The Hall–Kier alpha value is -0.930. The fourth-order valence-corrected chi connectivity index (χ4v) is 3.21. The Labute approximate surface area is 116 Å². The first-order valence-corrected chi connectivity index (χ1v) is 7.71. The van der Waals surface area contributed by atoms with E-state index < -0.39 is 0 Å². The average Bonchev–Trinajstić information content (AvgIpc) is 3.31. The number of hydrogen-bond donors (Lipinski definition) is 1. The van der Waals surface area contributed by atoms with Gasteiger partial charge >= 0.3 is 0 Å². The second kappa shape index (κ2) is 6.02. The van der Waals surface area contributed by atoms with Gasteiger partial charge in [-0.25, -0.2) is 0 Å². The molecule has 19 heavy (non-hydrogen) atoms. The van der Waals surface area contributed by atoms with Crippen LogP contribution in [0.25, 0.3) is 0 Å². The van der Waals surface area contributed by atoms with E-state index in [1.165, 1.54) is 50.9 Å². The van der Waals surface area contributed by atoms with Crippen molar-refractivity contribution in [3.8, 4) is 0 Å². The first-order chi connectivity index (χ1) is 9.34.